The van der Waals surface area contributed by atoms with Crippen LogP contribution in [0.3, 0.4) is 0 Å². The molecule has 0 aliphatic heterocycles. The standard InChI is InChI=1S/C15H16N2O4/c1-2-17(10-11-6-5-9-21-11)15(20)16-13-8-4-3-7-12(13)14(18)19/h3-9H,2,10H2,1H3,(H,16,20)(H,18,19). The summed E-state index contributed by atoms with van der Waals surface area (Å²) in [6.07, 6.45) is 1.54. The summed E-state index contributed by atoms with van der Waals surface area (Å²) in [6, 6.07) is 9.44. The fourth-order valence-electron chi connectivity index (χ4n) is 1.89. The molecule has 0 aliphatic carbocycles. The fourth-order valence-corrected chi connectivity index (χ4v) is 1.89. The van der Waals surface area contributed by atoms with E-state index >= 15 is 0 Å². The molecule has 1 aromatic heterocycles. The molecule has 1 aromatic carbocycles. The maximum Gasteiger partial charge on any atom is 0.337 e. The summed E-state index contributed by atoms with van der Waals surface area (Å²) in [5.41, 5.74) is 0.327. The summed E-state index contributed by atoms with van der Waals surface area (Å²) in [5.74, 6) is -0.418. The number of benzene rings is 1. The first-order valence-electron chi connectivity index (χ1n) is 6.52. The first kappa shape index (κ1) is 14.6. The van der Waals surface area contributed by atoms with Crippen molar-refractivity contribution >= 4 is 17.7 Å². The molecule has 21 heavy (non-hydrogen) atoms. The lowest BCUT2D eigenvalue weighted by Crippen LogP contribution is -2.34. The number of rotatable bonds is 5. The van der Waals surface area contributed by atoms with Crippen molar-refractivity contribution in [3.63, 3.8) is 0 Å². The Hall–Kier alpha value is -2.76. The Morgan fingerprint density at radius 2 is 2.00 bits per heavy atom. The second-order valence-electron chi connectivity index (χ2n) is 4.37. The van der Waals surface area contributed by atoms with Crippen LogP contribution in [0.25, 0.3) is 0 Å². The quantitative estimate of drug-likeness (QED) is 0.885. The lowest BCUT2D eigenvalue weighted by atomic mass is 10.2. The zero-order valence-corrected chi connectivity index (χ0v) is 11.6. The van der Waals surface area contributed by atoms with Gasteiger partial charge >= 0.3 is 12.0 Å². The zero-order chi connectivity index (χ0) is 15.2. The molecule has 2 amide bonds. The van der Waals surface area contributed by atoms with Gasteiger partial charge in [0.05, 0.1) is 24.1 Å². The SMILES string of the molecule is CCN(Cc1ccco1)C(=O)Nc1ccccc1C(=O)O. The molecule has 0 spiro atoms. The molecule has 6 nitrogen and oxygen atoms in total. The van der Waals surface area contributed by atoms with Gasteiger partial charge in [-0.25, -0.2) is 9.59 Å². The van der Waals surface area contributed by atoms with Gasteiger partial charge in [0.1, 0.15) is 5.76 Å². The van der Waals surface area contributed by atoms with Crippen LogP contribution in [-0.2, 0) is 6.54 Å². The Morgan fingerprint density at radius 1 is 1.24 bits per heavy atom. The average molecular weight is 288 g/mol. The van der Waals surface area contributed by atoms with Gasteiger partial charge in [-0.3, -0.25) is 0 Å². The van der Waals surface area contributed by atoms with Crippen molar-refractivity contribution in [2.24, 2.45) is 0 Å². The van der Waals surface area contributed by atoms with Crippen LogP contribution in [0.4, 0.5) is 10.5 Å². The molecular weight excluding hydrogens is 272 g/mol. The van der Waals surface area contributed by atoms with Crippen LogP contribution < -0.4 is 5.32 Å². The number of nitrogens with one attached hydrogen (secondary N) is 1. The van der Waals surface area contributed by atoms with Crippen molar-refractivity contribution in [1.29, 1.82) is 0 Å². The molecule has 0 atom stereocenters. The molecule has 0 saturated heterocycles. The molecule has 0 radical (unpaired) electrons. The van der Waals surface area contributed by atoms with Gasteiger partial charge in [0.25, 0.3) is 0 Å². The first-order valence-corrected chi connectivity index (χ1v) is 6.52. The predicted molar refractivity (Wildman–Crippen MR) is 77.2 cm³/mol. The number of hydrogen-bond acceptors (Lipinski definition) is 3. The normalized spacial score (nSPS) is 10.1. The number of carbonyl (C=O) groups is 2. The smallest absolute Gasteiger partial charge is 0.337 e. The van der Waals surface area contributed by atoms with Crippen molar-refractivity contribution in [2.75, 3.05) is 11.9 Å². The Balaban J connectivity index is 2.11. The van der Waals surface area contributed by atoms with E-state index in [0.717, 1.165) is 0 Å². The average Bonchev–Trinajstić information content (AvgIpc) is 2.98. The highest BCUT2D eigenvalue weighted by atomic mass is 16.4. The molecule has 110 valence electrons. The maximum absolute atomic E-state index is 12.2. The third-order valence-corrected chi connectivity index (χ3v) is 2.99. The largest absolute Gasteiger partial charge is 0.478 e. The number of carboxylic acids is 1. The van der Waals surface area contributed by atoms with E-state index in [-0.39, 0.29) is 17.3 Å². The molecule has 2 N–H and O–H groups in total. The van der Waals surface area contributed by atoms with E-state index in [1.807, 2.05) is 6.92 Å². The molecule has 2 aromatic rings. The van der Waals surface area contributed by atoms with E-state index in [0.29, 0.717) is 18.8 Å². The minimum absolute atomic E-state index is 0.0555. The lowest BCUT2D eigenvalue weighted by molar-refractivity contribution is 0.0698. The van der Waals surface area contributed by atoms with Crippen LogP contribution in [0.1, 0.15) is 23.0 Å². The second kappa shape index (κ2) is 6.60. The van der Waals surface area contributed by atoms with E-state index in [4.69, 9.17) is 9.52 Å². The Bertz CT molecular complexity index is 622. The van der Waals surface area contributed by atoms with Crippen molar-refractivity contribution in [3.8, 4) is 0 Å². The van der Waals surface area contributed by atoms with Gasteiger partial charge in [-0.05, 0) is 31.2 Å². The van der Waals surface area contributed by atoms with E-state index in [1.165, 1.54) is 11.0 Å². The number of para-hydroxylation sites is 1. The second-order valence-corrected chi connectivity index (χ2v) is 4.37. The van der Waals surface area contributed by atoms with E-state index < -0.39 is 5.97 Å². The Labute approximate surface area is 122 Å². The van der Waals surface area contributed by atoms with Crippen molar-refractivity contribution in [2.45, 2.75) is 13.5 Å². The number of hydrogen-bond donors (Lipinski definition) is 2. The number of carbonyl (C=O) groups excluding carboxylic acids is 1. The third-order valence-electron chi connectivity index (χ3n) is 2.99. The van der Waals surface area contributed by atoms with Crippen molar-refractivity contribution in [1.82, 2.24) is 4.90 Å². The number of aromatic carboxylic acids is 1. The van der Waals surface area contributed by atoms with Gasteiger partial charge in [-0.1, -0.05) is 12.1 Å². The van der Waals surface area contributed by atoms with Crippen LogP contribution in [-0.4, -0.2) is 28.6 Å². The van der Waals surface area contributed by atoms with Gasteiger partial charge < -0.3 is 19.7 Å². The summed E-state index contributed by atoms with van der Waals surface area (Å²) in [4.78, 5) is 24.9. The molecule has 2 rings (SSSR count). The number of urea groups is 1. The van der Waals surface area contributed by atoms with Gasteiger partial charge in [0, 0.05) is 6.54 Å². The molecular formula is C15H16N2O4. The maximum atomic E-state index is 12.2. The predicted octanol–water partition coefficient (Wildman–Crippen LogP) is 3.03. The number of amides is 2. The lowest BCUT2D eigenvalue weighted by Gasteiger charge is -2.20. The highest BCUT2D eigenvalue weighted by Crippen LogP contribution is 2.16. The van der Waals surface area contributed by atoms with Crippen molar-refractivity contribution < 1.29 is 19.1 Å². The number of furan rings is 1. The zero-order valence-electron chi connectivity index (χ0n) is 11.6. The number of nitrogens with zero attached hydrogens (tertiary/aromatic N) is 1. The molecule has 0 aliphatic rings. The van der Waals surface area contributed by atoms with Crippen LogP contribution in [0.5, 0.6) is 0 Å². The van der Waals surface area contributed by atoms with E-state index in [2.05, 4.69) is 5.32 Å². The van der Waals surface area contributed by atoms with Crippen LogP contribution in [0.2, 0.25) is 0 Å². The van der Waals surface area contributed by atoms with Crippen LogP contribution in [0, 0.1) is 0 Å². The summed E-state index contributed by atoms with van der Waals surface area (Å²) < 4.78 is 5.21. The van der Waals surface area contributed by atoms with Gasteiger partial charge in [-0.2, -0.15) is 0 Å². The van der Waals surface area contributed by atoms with E-state index in [1.54, 1.807) is 36.6 Å². The van der Waals surface area contributed by atoms with Crippen LogP contribution in [0.15, 0.2) is 47.1 Å². The highest BCUT2D eigenvalue weighted by Gasteiger charge is 2.16. The van der Waals surface area contributed by atoms with Gasteiger partial charge in [-0.15, -0.1) is 0 Å². The minimum Gasteiger partial charge on any atom is -0.478 e. The molecule has 0 saturated carbocycles. The van der Waals surface area contributed by atoms with Crippen molar-refractivity contribution in [3.05, 3.63) is 54.0 Å². The molecule has 0 unspecified atom stereocenters. The molecule has 6 heteroatoms. The summed E-state index contributed by atoms with van der Waals surface area (Å²) >= 11 is 0. The van der Waals surface area contributed by atoms with Crippen LogP contribution >= 0.6 is 0 Å². The van der Waals surface area contributed by atoms with Gasteiger partial charge in [0.2, 0.25) is 0 Å². The minimum atomic E-state index is -1.08. The fraction of sp³-hybridized carbons (Fsp3) is 0.200. The molecule has 1 heterocycles. The topological polar surface area (TPSA) is 82.8 Å². The monoisotopic (exact) mass is 288 g/mol. The Morgan fingerprint density at radius 3 is 2.62 bits per heavy atom. The third kappa shape index (κ3) is 3.62. The molecule has 0 bridgehead atoms. The first-order chi connectivity index (χ1) is 10.1. The number of carboxylic acid groups (broad SMARTS) is 1. The summed E-state index contributed by atoms with van der Waals surface area (Å²) in [7, 11) is 0. The number of anilines is 1. The Kier molecular flexibility index (Phi) is 4.61. The molecule has 0 fully saturated rings. The highest BCUT2D eigenvalue weighted by molar-refractivity contribution is 5.99. The van der Waals surface area contributed by atoms with Gasteiger partial charge in [0.15, 0.2) is 0 Å². The van der Waals surface area contributed by atoms with E-state index in [9.17, 15) is 9.59 Å². The summed E-state index contributed by atoms with van der Waals surface area (Å²) in [6.45, 7) is 2.64. The summed E-state index contributed by atoms with van der Waals surface area (Å²) in [5, 5.41) is 11.7.